The summed E-state index contributed by atoms with van der Waals surface area (Å²) < 4.78 is 22.2. The molecule has 86 valence electrons. The molecule has 2 bridgehead atoms. The van der Waals surface area contributed by atoms with E-state index >= 15 is 0 Å². The lowest BCUT2D eigenvalue weighted by Crippen LogP contribution is -2.32. The number of hydrogen-bond donors (Lipinski definition) is 2. The monoisotopic (exact) mass is 229 g/mol. The zero-order valence-electron chi connectivity index (χ0n) is 9.06. The Morgan fingerprint density at radius 2 is 2.33 bits per heavy atom. The van der Waals surface area contributed by atoms with Gasteiger partial charge in [0, 0.05) is 6.04 Å². The first-order chi connectivity index (χ1) is 7.19. The lowest BCUT2D eigenvalue weighted by Gasteiger charge is -2.23. The summed E-state index contributed by atoms with van der Waals surface area (Å²) in [6.45, 7) is 2.06. The van der Waals surface area contributed by atoms with Crippen LogP contribution < -0.4 is 4.72 Å². The van der Waals surface area contributed by atoms with Crippen molar-refractivity contribution in [2.45, 2.75) is 38.6 Å². The zero-order valence-corrected chi connectivity index (χ0v) is 9.87. The van der Waals surface area contributed by atoms with E-state index < -0.39 is 11.3 Å². The van der Waals surface area contributed by atoms with E-state index in [0.29, 0.717) is 0 Å². The third kappa shape index (κ3) is 2.68. The van der Waals surface area contributed by atoms with E-state index in [9.17, 15) is 4.21 Å². The topological polar surface area (TPSA) is 49.3 Å². The second kappa shape index (κ2) is 4.76. The molecule has 0 aromatic rings. The third-order valence-corrected chi connectivity index (χ3v) is 4.30. The van der Waals surface area contributed by atoms with Crippen molar-refractivity contribution in [2.24, 2.45) is 17.8 Å². The summed E-state index contributed by atoms with van der Waals surface area (Å²) in [7, 11) is 0. The van der Waals surface area contributed by atoms with Gasteiger partial charge in [-0.2, -0.15) is 0 Å². The molecule has 0 spiro atoms. The number of allylic oxidation sites excluding steroid dienone is 2. The molecular formula is C11H19NO2S. The van der Waals surface area contributed by atoms with Gasteiger partial charge in [-0.15, -0.1) is 0 Å². The molecule has 3 nitrogen and oxygen atoms in total. The highest BCUT2D eigenvalue weighted by atomic mass is 32.2. The number of hydrogen-bond acceptors (Lipinski definition) is 1. The molecule has 4 heteroatoms. The van der Waals surface area contributed by atoms with Crippen LogP contribution in [0.4, 0.5) is 0 Å². The van der Waals surface area contributed by atoms with E-state index in [4.69, 9.17) is 4.55 Å². The molecule has 15 heavy (non-hydrogen) atoms. The van der Waals surface area contributed by atoms with E-state index in [1.165, 1.54) is 12.8 Å². The largest absolute Gasteiger partial charge is 0.294 e. The van der Waals surface area contributed by atoms with Crippen LogP contribution in [0.1, 0.15) is 32.6 Å². The Bertz CT molecular complexity index is 280. The SMILES string of the molecule is CCC(CC1CC2C=CC1C2)NS(=O)O. The van der Waals surface area contributed by atoms with Crippen LogP contribution in [0.5, 0.6) is 0 Å². The van der Waals surface area contributed by atoms with Crippen LogP contribution in [-0.4, -0.2) is 14.8 Å². The fourth-order valence-corrected chi connectivity index (χ4v) is 3.52. The molecular weight excluding hydrogens is 210 g/mol. The molecule has 5 unspecified atom stereocenters. The Morgan fingerprint density at radius 3 is 2.80 bits per heavy atom. The first-order valence-electron chi connectivity index (χ1n) is 5.74. The van der Waals surface area contributed by atoms with Crippen molar-refractivity contribution in [2.75, 3.05) is 0 Å². The number of rotatable bonds is 5. The maximum absolute atomic E-state index is 10.7. The summed E-state index contributed by atoms with van der Waals surface area (Å²) in [6, 6.07) is 0.189. The molecule has 2 aliphatic rings. The minimum atomic E-state index is -1.87. The van der Waals surface area contributed by atoms with Crippen LogP contribution in [-0.2, 0) is 11.3 Å². The van der Waals surface area contributed by atoms with E-state index in [0.717, 1.165) is 30.6 Å². The molecule has 1 fully saturated rings. The molecule has 2 rings (SSSR count). The van der Waals surface area contributed by atoms with Crippen LogP contribution in [0.2, 0.25) is 0 Å². The highest BCUT2D eigenvalue weighted by Gasteiger charge is 2.36. The summed E-state index contributed by atoms with van der Waals surface area (Å²) in [5, 5.41) is 0. The van der Waals surface area contributed by atoms with E-state index in [2.05, 4.69) is 23.8 Å². The fraction of sp³-hybridized carbons (Fsp3) is 0.818. The van der Waals surface area contributed by atoms with Crippen LogP contribution in [0.15, 0.2) is 12.2 Å². The van der Waals surface area contributed by atoms with Crippen LogP contribution in [0.25, 0.3) is 0 Å². The second-order valence-corrected chi connectivity index (χ2v) is 5.48. The summed E-state index contributed by atoms with van der Waals surface area (Å²) in [6.07, 6.45) is 9.21. The van der Waals surface area contributed by atoms with Gasteiger partial charge in [0.15, 0.2) is 0 Å². The van der Waals surface area contributed by atoms with Crippen molar-refractivity contribution >= 4 is 11.3 Å². The molecule has 0 radical (unpaired) electrons. The van der Waals surface area contributed by atoms with E-state index in [1.807, 2.05) is 0 Å². The van der Waals surface area contributed by atoms with Crippen LogP contribution in [0.3, 0.4) is 0 Å². The van der Waals surface area contributed by atoms with Gasteiger partial charge < -0.3 is 0 Å². The van der Waals surface area contributed by atoms with Crippen molar-refractivity contribution in [3.63, 3.8) is 0 Å². The zero-order chi connectivity index (χ0) is 10.8. The quantitative estimate of drug-likeness (QED) is 0.560. The van der Waals surface area contributed by atoms with E-state index in [-0.39, 0.29) is 6.04 Å². The smallest absolute Gasteiger partial charge is 0.231 e. The summed E-state index contributed by atoms with van der Waals surface area (Å²) in [4.78, 5) is 0. The molecule has 0 aromatic carbocycles. The number of nitrogens with one attached hydrogen (secondary N) is 1. The minimum absolute atomic E-state index is 0.189. The predicted octanol–water partition coefficient (Wildman–Crippen LogP) is 2.09. The Hall–Kier alpha value is -0.190. The average Bonchev–Trinajstić information content (AvgIpc) is 2.77. The molecule has 5 atom stereocenters. The Labute approximate surface area is 93.8 Å². The summed E-state index contributed by atoms with van der Waals surface area (Å²) in [5.41, 5.74) is 0. The molecule has 0 heterocycles. The molecule has 1 saturated carbocycles. The lowest BCUT2D eigenvalue weighted by molar-refractivity contribution is 0.358. The first-order valence-corrected chi connectivity index (χ1v) is 6.85. The van der Waals surface area contributed by atoms with Crippen molar-refractivity contribution in [1.29, 1.82) is 0 Å². The number of fused-ring (bicyclic) bond motifs is 2. The highest BCUT2D eigenvalue weighted by molar-refractivity contribution is 7.77. The van der Waals surface area contributed by atoms with Crippen molar-refractivity contribution < 1.29 is 8.76 Å². The lowest BCUT2D eigenvalue weighted by atomic mass is 9.87. The van der Waals surface area contributed by atoms with Gasteiger partial charge in [-0.05, 0) is 43.4 Å². The molecule has 2 aliphatic carbocycles. The predicted molar refractivity (Wildman–Crippen MR) is 61.4 cm³/mol. The van der Waals surface area contributed by atoms with Crippen molar-refractivity contribution in [3.05, 3.63) is 12.2 Å². The third-order valence-electron chi connectivity index (χ3n) is 3.76. The molecule has 0 aromatic heterocycles. The van der Waals surface area contributed by atoms with Gasteiger partial charge in [-0.25, -0.2) is 8.93 Å². The summed E-state index contributed by atoms with van der Waals surface area (Å²) >= 11 is -1.87. The van der Waals surface area contributed by atoms with Crippen LogP contribution in [0, 0.1) is 17.8 Å². The summed E-state index contributed by atoms with van der Waals surface area (Å²) in [5.74, 6) is 2.25. The van der Waals surface area contributed by atoms with Gasteiger partial charge in [0.25, 0.3) is 0 Å². The van der Waals surface area contributed by atoms with Gasteiger partial charge in [0.05, 0.1) is 0 Å². The first kappa shape index (κ1) is 11.3. The van der Waals surface area contributed by atoms with Crippen molar-refractivity contribution in [1.82, 2.24) is 4.72 Å². The Morgan fingerprint density at radius 1 is 1.53 bits per heavy atom. The highest BCUT2D eigenvalue weighted by Crippen LogP contribution is 2.45. The molecule has 0 aliphatic heterocycles. The normalized spacial score (nSPS) is 37.1. The van der Waals surface area contributed by atoms with Crippen molar-refractivity contribution in [3.8, 4) is 0 Å². The molecule has 0 saturated heterocycles. The maximum atomic E-state index is 10.7. The van der Waals surface area contributed by atoms with Gasteiger partial charge in [-0.1, -0.05) is 19.1 Å². The second-order valence-electron chi connectivity index (χ2n) is 4.75. The maximum Gasteiger partial charge on any atom is 0.231 e. The van der Waals surface area contributed by atoms with Gasteiger partial charge in [0.1, 0.15) is 0 Å². The van der Waals surface area contributed by atoms with Gasteiger partial charge in [-0.3, -0.25) is 4.55 Å². The standard InChI is InChI=1S/C11H19NO2S/c1-2-11(12-15(13)14)7-10-6-8-3-4-9(10)5-8/h3-4,8-12H,2,5-7H2,1H3,(H,13,14). The minimum Gasteiger partial charge on any atom is -0.294 e. The van der Waals surface area contributed by atoms with Crippen LogP contribution >= 0.6 is 0 Å². The molecule has 2 N–H and O–H groups in total. The van der Waals surface area contributed by atoms with Gasteiger partial charge >= 0.3 is 0 Å². The van der Waals surface area contributed by atoms with Gasteiger partial charge in [0.2, 0.25) is 11.3 Å². The Kier molecular flexibility index (Phi) is 3.59. The Balaban J connectivity index is 1.85. The fourth-order valence-electron chi connectivity index (χ4n) is 2.97. The average molecular weight is 229 g/mol. The van der Waals surface area contributed by atoms with E-state index in [1.54, 1.807) is 0 Å². The molecule has 0 amide bonds.